The first-order valence-electron chi connectivity index (χ1n) is 7.87. The summed E-state index contributed by atoms with van der Waals surface area (Å²) in [5.41, 5.74) is 11.3. The van der Waals surface area contributed by atoms with E-state index >= 15 is 0 Å². The van der Waals surface area contributed by atoms with Gasteiger partial charge in [0.15, 0.2) is 0 Å². The summed E-state index contributed by atoms with van der Waals surface area (Å²) in [6.45, 7) is 6.56. The Labute approximate surface area is 153 Å². The van der Waals surface area contributed by atoms with Crippen molar-refractivity contribution in [3.63, 3.8) is 0 Å². The van der Waals surface area contributed by atoms with Crippen LogP contribution >= 0.6 is 0 Å². The maximum absolute atomic E-state index is 5.65. The molecular weight excluding hydrogens is 396 g/mol. The zero-order valence-corrected chi connectivity index (χ0v) is 17.8. The lowest BCUT2D eigenvalue weighted by Gasteiger charge is -2.35. The molecular formula is C15H38Br2N4. The van der Waals surface area contributed by atoms with Crippen LogP contribution in [0.2, 0.25) is 0 Å². The lowest BCUT2D eigenvalue weighted by atomic mass is 10.1. The average molecular weight is 434 g/mol. The molecule has 0 amide bonds. The van der Waals surface area contributed by atoms with Gasteiger partial charge in [0.2, 0.25) is 0 Å². The van der Waals surface area contributed by atoms with E-state index in [1.807, 2.05) is 0 Å². The largest absolute Gasteiger partial charge is 1.00 e. The maximum Gasteiger partial charge on any atom is 0.0796 e. The van der Waals surface area contributed by atoms with E-state index in [4.69, 9.17) is 11.5 Å². The van der Waals surface area contributed by atoms with Crippen LogP contribution in [0.15, 0.2) is 0 Å². The minimum atomic E-state index is 0. The molecule has 0 aliphatic rings. The van der Waals surface area contributed by atoms with Gasteiger partial charge in [-0.25, -0.2) is 0 Å². The van der Waals surface area contributed by atoms with Crippen LogP contribution in [0.3, 0.4) is 0 Å². The second-order valence-electron chi connectivity index (χ2n) is 7.15. The average Bonchev–Trinajstić information content (AvgIpc) is 2.32. The number of quaternary nitrogens is 2. The number of halogens is 2. The van der Waals surface area contributed by atoms with Crippen LogP contribution in [0.25, 0.3) is 0 Å². The lowest BCUT2D eigenvalue weighted by molar-refractivity contribution is -0.910. The topological polar surface area (TPSA) is 52.0 Å². The van der Waals surface area contributed by atoms with Crippen LogP contribution in [-0.2, 0) is 0 Å². The second kappa shape index (κ2) is 14.4. The van der Waals surface area contributed by atoms with Gasteiger partial charge >= 0.3 is 0 Å². The molecule has 132 valence electrons. The number of hydrogen-bond donors (Lipinski definition) is 2. The van der Waals surface area contributed by atoms with Crippen LogP contribution < -0.4 is 45.4 Å². The number of nitrogens with two attached hydrogens (primary N) is 2. The molecule has 0 aromatic heterocycles. The highest BCUT2D eigenvalue weighted by Crippen LogP contribution is 2.10. The molecule has 6 heteroatoms. The van der Waals surface area contributed by atoms with Gasteiger partial charge in [0.1, 0.15) is 0 Å². The van der Waals surface area contributed by atoms with Crippen molar-refractivity contribution in [1.29, 1.82) is 0 Å². The predicted octanol–water partition coefficient (Wildman–Crippen LogP) is -4.98. The molecule has 0 aliphatic carbocycles. The summed E-state index contributed by atoms with van der Waals surface area (Å²) in [4.78, 5) is 0. The molecule has 0 atom stereocenters. The van der Waals surface area contributed by atoms with Crippen molar-refractivity contribution >= 4 is 0 Å². The first-order valence-corrected chi connectivity index (χ1v) is 7.87. The van der Waals surface area contributed by atoms with Crippen LogP contribution in [0, 0.1) is 0 Å². The van der Waals surface area contributed by atoms with Gasteiger partial charge in [0.25, 0.3) is 0 Å². The monoisotopic (exact) mass is 432 g/mol. The van der Waals surface area contributed by atoms with Crippen molar-refractivity contribution in [2.45, 2.75) is 32.1 Å². The Hall–Kier alpha value is 0.800. The molecule has 0 aliphatic heterocycles. The molecule has 0 aromatic carbocycles. The number of nitrogens with zero attached hydrogens (tertiary/aromatic N) is 2. The SMILES string of the molecule is C[N+](C)(C)CCCCC[N+](C)(CCCN)CCCN.[Br-].[Br-]. The third kappa shape index (κ3) is 17.0. The van der Waals surface area contributed by atoms with E-state index in [2.05, 4.69) is 28.2 Å². The first-order chi connectivity index (χ1) is 8.83. The highest BCUT2D eigenvalue weighted by Gasteiger charge is 2.19. The summed E-state index contributed by atoms with van der Waals surface area (Å²) < 4.78 is 2.23. The van der Waals surface area contributed by atoms with E-state index < -0.39 is 0 Å². The molecule has 0 radical (unpaired) electrons. The molecule has 21 heavy (non-hydrogen) atoms. The predicted molar refractivity (Wildman–Crippen MR) is 84.9 cm³/mol. The van der Waals surface area contributed by atoms with E-state index in [1.54, 1.807) is 0 Å². The van der Waals surface area contributed by atoms with Crippen molar-refractivity contribution in [2.24, 2.45) is 11.5 Å². The minimum absolute atomic E-state index is 0. The van der Waals surface area contributed by atoms with E-state index in [0.717, 1.165) is 34.9 Å². The van der Waals surface area contributed by atoms with E-state index in [0.29, 0.717) is 0 Å². The molecule has 4 nitrogen and oxygen atoms in total. The molecule has 0 rings (SSSR count). The standard InChI is InChI=1S/C15H38N4.2BrH/c1-18(2,3)12-6-5-7-13-19(4,14-8-10-16)15-9-11-17;;/h5-17H2,1-4H3;2*1H/q+2;;/p-2. The van der Waals surface area contributed by atoms with Gasteiger partial charge in [-0.3, -0.25) is 0 Å². The van der Waals surface area contributed by atoms with Gasteiger partial charge in [-0.15, -0.1) is 0 Å². The van der Waals surface area contributed by atoms with Gasteiger partial charge in [-0.1, -0.05) is 0 Å². The third-order valence-electron chi connectivity index (χ3n) is 3.83. The van der Waals surface area contributed by atoms with E-state index in [1.165, 1.54) is 45.4 Å². The molecule has 0 heterocycles. The minimum Gasteiger partial charge on any atom is -1.00 e. The molecule has 0 spiro atoms. The molecule has 4 N–H and O–H groups in total. The Morgan fingerprint density at radius 3 is 1.33 bits per heavy atom. The van der Waals surface area contributed by atoms with Crippen molar-refractivity contribution < 1.29 is 42.9 Å². The fourth-order valence-corrected chi connectivity index (χ4v) is 2.54. The summed E-state index contributed by atoms with van der Waals surface area (Å²) in [5.74, 6) is 0. The molecule has 0 fully saturated rings. The Bertz CT molecular complexity index is 212. The van der Waals surface area contributed by atoms with Crippen LogP contribution in [0.5, 0.6) is 0 Å². The summed E-state index contributed by atoms with van der Waals surface area (Å²) in [6, 6.07) is 0. The Morgan fingerprint density at radius 1 is 0.571 bits per heavy atom. The van der Waals surface area contributed by atoms with Gasteiger partial charge < -0.3 is 54.4 Å². The van der Waals surface area contributed by atoms with E-state index in [9.17, 15) is 0 Å². The molecule has 0 bridgehead atoms. The van der Waals surface area contributed by atoms with Gasteiger partial charge in [-0.05, 0) is 32.4 Å². The van der Waals surface area contributed by atoms with Crippen molar-refractivity contribution in [3.05, 3.63) is 0 Å². The molecule has 0 unspecified atom stereocenters. The van der Waals surface area contributed by atoms with E-state index in [-0.39, 0.29) is 34.0 Å². The summed E-state index contributed by atoms with van der Waals surface area (Å²) in [6.07, 6.45) is 6.25. The smallest absolute Gasteiger partial charge is 0.0796 e. The van der Waals surface area contributed by atoms with Crippen molar-refractivity contribution in [2.75, 3.05) is 67.5 Å². The quantitative estimate of drug-likeness (QED) is 0.239. The van der Waals surface area contributed by atoms with Gasteiger partial charge in [-0.2, -0.15) is 0 Å². The van der Waals surface area contributed by atoms with Crippen molar-refractivity contribution in [3.8, 4) is 0 Å². The summed E-state index contributed by atoms with van der Waals surface area (Å²) in [5, 5.41) is 0. The van der Waals surface area contributed by atoms with Crippen LogP contribution in [0.4, 0.5) is 0 Å². The zero-order valence-electron chi connectivity index (χ0n) is 14.6. The summed E-state index contributed by atoms with van der Waals surface area (Å²) >= 11 is 0. The first kappa shape index (κ1) is 26.7. The lowest BCUT2D eigenvalue weighted by Crippen LogP contribution is -3.00. The van der Waals surface area contributed by atoms with Gasteiger partial charge in [0.05, 0.1) is 54.4 Å². The number of rotatable bonds is 12. The normalized spacial score (nSPS) is 11.7. The maximum atomic E-state index is 5.65. The van der Waals surface area contributed by atoms with Crippen molar-refractivity contribution in [1.82, 2.24) is 0 Å². The Morgan fingerprint density at radius 2 is 0.952 bits per heavy atom. The Balaban J connectivity index is -0.00000162. The molecule has 0 aromatic rings. The highest BCUT2D eigenvalue weighted by molar-refractivity contribution is 4.48. The second-order valence-corrected chi connectivity index (χ2v) is 7.15. The zero-order chi connectivity index (χ0) is 14.8. The summed E-state index contributed by atoms with van der Waals surface area (Å²) in [7, 11) is 9.17. The fraction of sp³-hybridized carbons (Fsp3) is 1.00. The Kier molecular flexibility index (Phi) is 18.3. The number of hydrogen-bond acceptors (Lipinski definition) is 2. The molecule has 0 saturated carbocycles. The van der Waals surface area contributed by atoms with Crippen LogP contribution in [-0.4, -0.2) is 76.4 Å². The molecule has 0 saturated heterocycles. The highest BCUT2D eigenvalue weighted by atomic mass is 79.9. The fourth-order valence-electron chi connectivity index (χ4n) is 2.54. The van der Waals surface area contributed by atoms with Gasteiger partial charge in [0, 0.05) is 12.8 Å². The third-order valence-corrected chi connectivity index (χ3v) is 3.83. The number of unbranched alkanes of at least 4 members (excludes halogenated alkanes) is 2. The van der Waals surface area contributed by atoms with Crippen LogP contribution in [0.1, 0.15) is 32.1 Å².